The molecule has 0 saturated heterocycles. The number of thioether (sulfide) groups is 1. The number of aromatic amines is 1. The van der Waals surface area contributed by atoms with E-state index in [0.717, 1.165) is 17.9 Å². The van der Waals surface area contributed by atoms with E-state index in [4.69, 9.17) is 4.74 Å². The molecule has 1 amide bonds. The van der Waals surface area contributed by atoms with Crippen molar-refractivity contribution in [1.82, 2.24) is 14.5 Å². The number of hydrogen-bond donors (Lipinski definition) is 2. The zero-order valence-electron chi connectivity index (χ0n) is 17.1. The molecule has 0 fully saturated rings. The first-order chi connectivity index (χ1) is 13.9. The number of hydrogen-bond acceptors (Lipinski definition) is 5. The Kier molecular flexibility index (Phi) is 6.64. The number of amides is 1. The zero-order valence-corrected chi connectivity index (χ0v) is 17.9. The predicted molar refractivity (Wildman–Crippen MR) is 117 cm³/mol. The van der Waals surface area contributed by atoms with E-state index < -0.39 is 0 Å². The quantitative estimate of drug-likeness (QED) is 0.427. The molecule has 0 saturated carbocycles. The monoisotopic (exact) mass is 414 g/mol. The first-order valence-corrected chi connectivity index (χ1v) is 10.7. The zero-order chi connectivity index (χ0) is 21.0. The van der Waals surface area contributed by atoms with Gasteiger partial charge in [-0.25, -0.2) is 4.98 Å². The van der Waals surface area contributed by atoms with Crippen LogP contribution in [0, 0.1) is 6.92 Å². The van der Waals surface area contributed by atoms with Gasteiger partial charge in [-0.1, -0.05) is 18.7 Å². The summed E-state index contributed by atoms with van der Waals surface area (Å²) in [7, 11) is 0. The van der Waals surface area contributed by atoms with E-state index in [2.05, 4.69) is 15.3 Å². The largest absolute Gasteiger partial charge is 0.494 e. The maximum absolute atomic E-state index is 12.9. The second-order valence-corrected chi connectivity index (χ2v) is 7.78. The Hall–Kier alpha value is -2.74. The molecule has 3 rings (SSSR count). The van der Waals surface area contributed by atoms with Crippen LogP contribution in [0.4, 0.5) is 5.69 Å². The molecule has 1 aromatic carbocycles. The molecule has 8 heteroatoms. The molecule has 1 unspecified atom stereocenters. The molecular formula is C21H26N4O3S. The van der Waals surface area contributed by atoms with E-state index in [0.29, 0.717) is 28.5 Å². The Bertz CT molecular complexity index is 1060. The van der Waals surface area contributed by atoms with Gasteiger partial charge >= 0.3 is 0 Å². The Labute approximate surface area is 173 Å². The van der Waals surface area contributed by atoms with Crippen LogP contribution in [0.2, 0.25) is 0 Å². The van der Waals surface area contributed by atoms with Crippen molar-refractivity contribution in [2.45, 2.75) is 45.3 Å². The number of fused-ring (bicyclic) bond motifs is 1. The highest BCUT2D eigenvalue weighted by Gasteiger charge is 2.18. The van der Waals surface area contributed by atoms with Gasteiger partial charge < -0.3 is 15.0 Å². The number of carbonyl (C=O) groups is 1. The summed E-state index contributed by atoms with van der Waals surface area (Å²) in [6, 6.07) is 9.07. The van der Waals surface area contributed by atoms with Crippen LogP contribution in [-0.2, 0) is 4.79 Å². The van der Waals surface area contributed by atoms with Gasteiger partial charge in [0.25, 0.3) is 5.56 Å². The van der Waals surface area contributed by atoms with E-state index in [-0.39, 0.29) is 23.3 Å². The van der Waals surface area contributed by atoms with Crippen molar-refractivity contribution in [2.75, 3.05) is 17.7 Å². The molecule has 0 aliphatic rings. The first-order valence-electron chi connectivity index (χ1n) is 9.70. The second-order valence-electron chi connectivity index (χ2n) is 6.83. The number of ether oxygens (including phenoxy) is 1. The molecule has 0 aliphatic heterocycles. The lowest BCUT2D eigenvalue weighted by Gasteiger charge is -2.17. The van der Waals surface area contributed by atoms with Crippen molar-refractivity contribution >= 4 is 34.4 Å². The second kappa shape index (κ2) is 9.17. The third kappa shape index (κ3) is 4.82. The molecule has 1 atom stereocenters. The van der Waals surface area contributed by atoms with Crippen LogP contribution in [0.5, 0.6) is 5.75 Å². The minimum atomic E-state index is -0.158. The van der Waals surface area contributed by atoms with Gasteiger partial charge in [-0.2, -0.15) is 0 Å². The van der Waals surface area contributed by atoms with Crippen molar-refractivity contribution in [3.63, 3.8) is 0 Å². The Balaban J connectivity index is 1.76. The summed E-state index contributed by atoms with van der Waals surface area (Å²) < 4.78 is 7.08. The summed E-state index contributed by atoms with van der Waals surface area (Å²) in [4.78, 5) is 33.1. The molecule has 0 spiro atoms. The summed E-state index contributed by atoms with van der Waals surface area (Å²) >= 11 is 1.27. The van der Waals surface area contributed by atoms with Crippen molar-refractivity contribution in [2.24, 2.45) is 0 Å². The number of anilines is 1. The lowest BCUT2D eigenvalue weighted by atomic mass is 10.2. The third-order valence-electron chi connectivity index (χ3n) is 4.60. The van der Waals surface area contributed by atoms with Gasteiger partial charge in [0.15, 0.2) is 5.16 Å². The lowest BCUT2D eigenvalue weighted by molar-refractivity contribution is -0.113. The number of carbonyl (C=O) groups excluding carboxylic acids is 1. The molecule has 0 radical (unpaired) electrons. The number of nitrogens with zero attached hydrogens (tertiary/aromatic N) is 2. The van der Waals surface area contributed by atoms with Crippen LogP contribution in [0.15, 0.2) is 40.3 Å². The van der Waals surface area contributed by atoms with E-state index in [1.807, 2.05) is 45.9 Å². The Morgan fingerprint density at radius 2 is 2.03 bits per heavy atom. The minimum Gasteiger partial charge on any atom is -0.494 e. The summed E-state index contributed by atoms with van der Waals surface area (Å²) in [5.41, 5.74) is 2.61. The van der Waals surface area contributed by atoms with Crippen LogP contribution in [0.25, 0.3) is 11.0 Å². The Morgan fingerprint density at radius 3 is 2.69 bits per heavy atom. The standard InChI is InChI=1S/C21H26N4O3S/c1-5-14(4)25-20(27)19-17(11-13(3)22-19)24-21(25)29-12-18(26)23-15-7-9-16(10-8-15)28-6-2/h7-11,14,22H,5-6,12H2,1-4H3,(H,23,26). The smallest absolute Gasteiger partial charge is 0.278 e. The summed E-state index contributed by atoms with van der Waals surface area (Å²) in [5, 5.41) is 3.42. The highest BCUT2D eigenvalue weighted by molar-refractivity contribution is 7.99. The SMILES string of the molecule is CCOc1ccc(NC(=O)CSc2nc3cc(C)[nH]c3c(=O)n2C(C)CC)cc1. The van der Waals surface area contributed by atoms with Crippen LogP contribution in [0.1, 0.15) is 38.9 Å². The fraction of sp³-hybridized carbons (Fsp3) is 0.381. The molecule has 2 aromatic heterocycles. The van der Waals surface area contributed by atoms with Gasteiger partial charge in [0.2, 0.25) is 5.91 Å². The van der Waals surface area contributed by atoms with Crippen LogP contribution >= 0.6 is 11.8 Å². The maximum Gasteiger partial charge on any atom is 0.278 e. The predicted octanol–water partition coefficient (Wildman–Crippen LogP) is 4.13. The third-order valence-corrected chi connectivity index (χ3v) is 5.55. The summed E-state index contributed by atoms with van der Waals surface area (Å²) in [6.07, 6.45) is 0.790. The molecule has 0 aliphatic carbocycles. The highest BCUT2D eigenvalue weighted by atomic mass is 32.2. The van der Waals surface area contributed by atoms with E-state index >= 15 is 0 Å². The molecule has 2 heterocycles. The molecule has 0 bridgehead atoms. The molecule has 7 nitrogen and oxygen atoms in total. The van der Waals surface area contributed by atoms with Crippen molar-refractivity contribution in [1.29, 1.82) is 0 Å². The van der Waals surface area contributed by atoms with Gasteiger partial charge in [0, 0.05) is 17.4 Å². The first kappa shape index (κ1) is 21.0. The van der Waals surface area contributed by atoms with Crippen molar-refractivity contribution < 1.29 is 9.53 Å². The number of aromatic nitrogens is 3. The molecule has 2 N–H and O–H groups in total. The topological polar surface area (TPSA) is 89.0 Å². The molecule has 29 heavy (non-hydrogen) atoms. The molecule has 3 aromatic rings. The summed E-state index contributed by atoms with van der Waals surface area (Å²) in [5.74, 6) is 0.761. The van der Waals surface area contributed by atoms with E-state index in [1.165, 1.54) is 11.8 Å². The lowest BCUT2D eigenvalue weighted by Crippen LogP contribution is -2.26. The highest BCUT2D eigenvalue weighted by Crippen LogP contribution is 2.23. The average molecular weight is 415 g/mol. The molecule has 154 valence electrons. The maximum atomic E-state index is 12.9. The van der Waals surface area contributed by atoms with E-state index in [1.54, 1.807) is 16.7 Å². The number of nitrogens with one attached hydrogen (secondary N) is 2. The normalized spacial score (nSPS) is 12.1. The number of aryl methyl sites for hydroxylation is 1. The average Bonchev–Trinajstić information content (AvgIpc) is 3.08. The Morgan fingerprint density at radius 1 is 1.31 bits per heavy atom. The number of H-pyrrole nitrogens is 1. The fourth-order valence-electron chi connectivity index (χ4n) is 2.99. The number of benzene rings is 1. The van der Waals surface area contributed by atoms with Crippen LogP contribution in [-0.4, -0.2) is 32.8 Å². The minimum absolute atomic E-state index is 0.0142. The molecular weight excluding hydrogens is 388 g/mol. The van der Waals surface area contributed by atoms with Crippen molar-refractivity contribution in [3.8, 4) is 5.75 Å². The van der Waals surface area contributed by atoms with Crippen LogP contribution < -0.4 is 15.6 Å². The van der Waals surface area contributed by atoms with Gasteiger partial charge in [-0.3, -0.25) is 14.2 Å². The fourth-order valence-corrected chi connectivity index (χ4v) is 3.89. The number of rotatable bonds is 8. The van der Waals surface area contributed by atoms with Gasteiger partial charge in [-0.05, 0) is 57.5 Å². The van der Waals surface area contributed by atoms with Crippen LogP contribution in [0.3, 0.4) is 0 Å². The van der Waals surface area contributed by atoms with Gasteiger partial charge in [0.05, 0.1) is 17.9 Å². The van der Waals surface area contributed by atoms with E-state index in [9.17, 15) is 9.59 Å². The van der Waals surface area contributed by atoms with Crippen molar-refractivity contribution in [3.05, 3.63) is 46.4 Å². The summed E-state index contributed by atoms with van der Waals surface area (Å²) in [6.45, 7) is 8.42. The van der Waals surface area contributed by atoms with Gasteiger partial charge in [-0.15, -0.1) is 0 Å². The van der Waals surface area contributed by atoms with Gasteiger partial charge in [0.1, 0.15) is 11.3 Å².